The number of rotatable bonds is 9. The van der Waals surface area contributed by atoms with Crippen molar-refractivity contribution >= 4 is 39.4 Å². The second kappa shape index (κ2) is 10.1. The lowest BCUT2D eigenvalue weighted by Gasteiger charge is -2.21. The number of ether oxygens (including phenoxy) is 1. The van der Waals surface area contributed by atoms with Crippen LogP contribution in [0.1, 0.15) is 11.1 Å². The lowest BCUT2D eigenvalue weighted by atomic mass is 10.2. The topological polar surface area (TPSA) is 88.1 Å². The first-order valence-electron chi connectivity index (χ1n) is 8.60. The highest BCUT2D eigenvalue weighted by Gasteiger charge is 2.21. The van der Waals surface area contributed by atoms with Crippen LogP contribution in [-0.2, 0) is 14.8 Å². The molecule has 0 fully saturated rings. The minimum absolute atomic E-state index is 0.303. The number of amides is 1. The fraction of sp³-hybridized carbons (Fsp3) is 0.200. The van der Waals surface area contributed by atoms with Crippen molar-refractivity contribution in [1.29, 1.82) is 0 Å². The van der Waals surface area contributed by atoms with Crippen LogP contribution in [0.15, 0.2) is 60.2 Å². The Labute approximate surface area is 175 Å². The lowest BCUT2D eigenvalue weighted by molar-refractivity contribution is -0.119. The number of hydrazone groups is 1. The predicted octanol–water partition coefficient (Wildman–Crippen LogP) is 3.13. The van der Waals surface area contributed by atoms with Crippen molar-refractivity contribution in [2.75, 3.05) is 23.7 Å². The van der Waals surface area contributed by atoms with Gasteiger partial charge >= 0.3 is 0 Å². The molecule has 0 atom stereocenters. The summed E-state index contributed by atoms with van der Waals surface area (Å²) in [5, 5.41) is 4.28. The molecule has 0 heterocycles. The number of carbonyl (C=O) groups is 1. The van der Waals surface area contributed by atoms with Gasteiger partial charge in [0.2, 0.25) is 10.0 Å². The molecule has 0 aliphatic heterocycles. The molecule has 1 amide bonds. The lowest BCUT2D eigenvalue weighted by Crippen LogP contribution is -2.39. The maximum atomic E-state index is 12.2. The van der Waals surface area contributed by atoms with Gasteiger partial charge in [-0.2, -0.15) is 5.10 Å². The van der Waals surface area contributed by atoms with Crippen LogP contribution < -0.4 is 14.5 Å². The second-order valence-electron chi connectivity index (χ2n) is 6.17. The molecule has 1 N–H and O–H groups in total. The van der Waals surface area contributed by atoms with Crippen molar-refractivity contribution in [3.8, 4) is 5.75 Å². The smallest absolute Gasteiger partial charge is 0.260 e. The summed E-state index contributed by atoms with van der Waals surface area (Å²) in [4.78, 5) is 12.2. The van der Waals surface area contributed by atoms with Gasteiger partial charge in [0.15, 0.2) is 0 Å². The summed E-state index contributed by atoms with van der Waals surface area (Å²) < 4.78 is 30.6. The minimum Gasteiger partial charge on any atom is -0.490 e. The number of hydrogen-bond donors (Lipinski definition) is 1. The van der Waals surface area contributed by atoms with Gasteiger partial charge in [-0.25, -0.2) is 13.8 Å². The van der Waals surface area contributed by atoms with E-state index in [9.17, 15) is 13.2 Å². The molecule has 2 aromatic rings. The highest BCUT2D eigenvalue weighted by molar-refractivity contribution is 7.92. The summed E-state index contributed by atoms with van der Waals surface area (Å²) in [5.41, 5.74) is 4.17. The summed E-state index contributed by atoms with van der Waals surface area (Å²) in [6.07, 6.45) is 4.12. The fourth-order valence-electron chi connectivity index (χ4n) is 2.29. The van der Waals surface area contributed by atoms with Gasteiger partial charge in [-0.3, -0.25) is 9.10 Å². The maximum Gasteiger partial charge on any atom is 0.260 e. The average molecular weight is 436 g/mol. The van der Waals surface area contributed by atoms with E-state index in [0.29, 0.717) is 23.1 Å². The molecule has 9 heteroatoms. The van der Waals surface area contributed by atoms with Gasteiger partial charge in [0.25, 0.3) is 5.91 Å². The zero-order valence-corrected chi connectivity index (χ0v) is 17.7. The van der Waals surface area contributed by atoms with Crippen LogP contribution in [0.25, 0.3) is 0 Å². The molecule has 0 saturated carbocycles. The number of benzene rings is 2. The van der Waals surface area contributed by atoms with Crippen LogP contribution in [0.4, 0.5) is 5.69 Å². The van der Waals surface area contributed by atoms with E-state index >= 15 is 0 Å². The Morgan fingerprint density at radius 3 is 2.55 bits per heavy atom. The van der Waals surface area contributed by atoms with Gasteiger partial charge in [0, 0.05) is 5.02 Å². The molecule has 0 spiro atoms. The number of anilines is 1. The quantitative estimate of drug-likeness (QED) is 0.372. The zero-order chi connectivity index (χ0) is 21.4. The van der Waals surface area contributed by atoms with E-state index < -0.39 is 22.5 Å². The number of nitrogens with zero attached hydrogens (tertiary/aromatic N) is 2. The van der Waals surface area contributed by atoms with Crippen molar-refractivity contribution in [2.45, 2.75) is 6.92 Å². The van der Waals surface area contributed by atoms with Gasteiger partial charge in [-0.15, -0.1) is 0 Å². The van der Waals surface area contributed by atoms with E-state index in [4.69, 9.17) is 16.3 Å². The zero-order valence-electron chi connectivity index (χ0n) is 16.1. The third-order valence-electron chi connectivity index (χ3n) is 3.78. The largest absolute Gasteiger partial charge is 0.490 e. The van der Waals surface area contributed by atoms with Crippen molar-refractivity contribution < 1.29 is 17.9 Å². The SMILES string of the molecule is C=CCOc1ccc(/C=N\NC(=O)CN(c2ccc(C)c(Cl)c2)S(C)(=O)=O)cc1. The summed E-state index contributed by atoms with van der Waals surface area (Å²) in [6, 6.07) is 11.8. The van der Waals surface area contributed by atoms with E-state index in [1.165, 1.54) is 12.3 Å². The van der Waals surface area contributed by atoms with E-state index in [1.807, 2.05) is 0 Å². The molecule has 29 heavy (non-hydrogen) atoms. The Morgan fingerprint density at radius 2 is 1.97 bits per heavy atom. The molecule has 2 aromatic carbocycles. The van der Waals surface area contributed by atoms with E-state index in [0.717, 1.165) is 21.7 Å². The van der Waals surface area contributed by atoms with Crippen LogP contribution in [0.3, 0.4) is 0 Å². The van der Waals surface area contributed by atoms with E-state index in [1.54, 1.807) is 49.4 Å². The Kier molecular flexibility index (Phi) is 7.81. The highest BCUT2D eigenvalue weighted by atomic mass is 35.5. The summed E-state index contributed by atoms with van der Waals surface area (Å²) in [7, 11) is -3.69. The van der Waals surface area contributed by atoms with E-state index in [2.05, 4.69) is 17.1 Å². The third-order valence-corrected chi connectivity index (χ3v) is 5.33. The Morgan fingerprint density at radius 1 is 1.28 bits per heavy atom. The van der Waals surface area contributed by atoms with Crippen LogP contribution in [-0.4, -0.2) is 39.9 Å². The summed E-state index contributed by atoms with van der Waals surface area (Å²) >= 11 is 6.08. The molecule has 0 unspecified atom stereocenters. The minimum atomic E-state index is -3.69. The molecular formula is C20H22ClN3O4S. The second-order valence-corrected chi connectivity index (χ2v) is 8.48. The molecule has 0 aliphatic carbocycles. The van der Waals surface area contributed by atoms with Crippen molar-refractivity contribution in [3.63, 3.8) is 0 Å². The van der Waals surface area contributed by atoms with Gasteiger partial charge < -0.3 is 4.74 Å². The normalized spacial score (nSPS) is 11.3. The van der Waals surface area contributed by atoms with Gasteiger partial charge in [0.05, 0.1) is 18.2 Å². The molecule has 0 aromatic heterocycles. The molecule has 2 rings (SSSR count). The van der Waals surface area contributed by atoms with E-state index in [-0.39, 0.29) is 0 Å². The Balaban J connectivity index is 2.02. The molecule has 0 saturated heterocycles. The number of halogens is 1. The fourth-order valence-corrected chi connectivity index (χ4v) is 3.31. The standard InChI is InChI=1S/C20H22ClN3O4S/c1-4-11-28-18-9-6-16(7-10-18)13-22-23-20(25)14-24(29(3,26)27)17-8-5-15(2)19(21)12-17/h4-10,12-13H,1,11,14H2,2-3H3,(H,23,25)/b22-13-. The van der Waals surface area contributed by atoms with Gasteiger partial charge in [0.1, 0.15) is 18.9 Å². The van der Waals surface area contributed by atoms with Crippen LogP contribution in [0.2, 0.25) is 5.02 Å². The number of aryl methyl sites for hydroxylation is 1. The number of hydrogen-bond acceptors (Lipinski definition) is 5. The first-order chi connectivity index (χ1) is 13.7. The number of carbonyl (C=O) groups excluding carboxylic acids is 1. The van der Waals surface area contributed by atoms with Crippen molar-refractivity contribution in [3.05, 3.63) is 71.3 Å². The third kappa shape index (κ3) is 6.92. The van der Waals surface area contributed by atoms with Gasteiger partial charge in [-0.05, 0) is 54.4 Å². The average Bonchev–Trinajstić information content (AvgIpc) is 2.67. The van der Waals surface area contributed by atoms with Crippen LogP contribution in [0, 0.1) is 6.92 Å². The molecule has 0 bridgehead atoms. The predicted molar refractivity (Wildman–Crippen MR) is 116 cm³/mol. The first-order valence-corrected chi connectivity index (χ1v) is 10.8. The summed E-state index contributed by atoms with van der Waals surface area (Å²) in [5.74, 6) is 0.0981. The molecule has 0 radical (unpaired) electrons. The highest BCUT2D eigenvalue weighted by Crippen LogP contribution is 2.24. The Hall–Kier alpha value is -2.84. The maximum absolute atomic E-state index is 12.2. The number of sulfonamides is 1. The Bertz CT molecular complexity index is 1000. The van der Waals surface area contributed by atoms with Crippen molar-refractivity contribution in [1.82, 2.24) is 5.43 Å². The molecule has 0 aliphatic rings. The molecular weight excluding hydrogens is 414 g/mol. The van der Waals surface area contributed by atoms with Crippen LogP contribution >= 0.6 is 11.6 Å². The van der Waals surface area contributed by atoms with Crippen LogP contribution in [0.5, 0.6) is 5.75 Å². The molecule has 154 valence electrons. The monoisotopic (exact) mass is 435 g/mol. The summed E-state index contributed by atoms with van der Waals surface area (Å²) in [6.45, 7) is 5.36. The molecule has 7 nitrogen and oxygen atoms in total. The number of nitrogens with one attached hydrogen (secondary N) is 1. The first kappa shape index (κ1) is 22.4. The van der Waals surface area contributed by atoms with Crippen molar-refractivity contribution in [2.24, 2.45) is 5.10 Å². The van der Waals surface area contributed by atoms with Gasteiger partial charge in [-0.1, -0.05) is 30.3 Å².